The zero-order valence-electron chi connectivity index (χ0n) is 17.2. The molecule has 0 aliphatic carbocycles. The third kappa shape index (κ3) is 6.04. The maximum absolute atomic E-state index is 13.1. The molecule has 2 amide bonds. The molecule has 1 heterocycles. The number of hydrogen-bond donors (Lipinski definition) is 1. The quantitative estimate of drug-likeness (QED) is 0.352. The van der Waals surface area contributed by atoms with Crippen molar-refractivity contribution in [1.29, 1.82) is 0 Å². The van der Waals surface area contributed by atoms with Gasteiger partial charge in [-0.25, -0.2) is 4.79 Å². The van der Waals surface area contributed by atoms with E-state index in [9.17, 15) is 4.79 Å². The number of urea groups is 1. The molecule has 0 bridgehead atoms. The van der Waals surface area contributed by atoms with Gasteiger partial charge in [-0.2, -0.15) is 0 Å². The van der Waals surface area contributed by atoms with Crippen LogP contribution in [0.25, 0.3) is 0 Å². The van der Waals surface area contributed by atoms with Gasteiger partial charge in [-0.1, -0.05) is 79.4 Å². The Balaban J connectivity index is 1.75. The number of unbranched alkanes of at least 4 members (excludes halogenated alkanes) is 2. The molecule has 4 nitrogen and oxygen atoms in total. The third-order valence-corrected chi connectivity index (χ3v) is 5.80. The Morgan fingerprint density at radius 1 is 1.00 bits per heavy atom. The molecule has 2 aromatic carbocycles. The highest BCUT2D eigenvalue weighted by atomic mass is 35.5. The minimum atomic E-state index is -0.178. The normalized spacial score (nSPS) is 10.8. The molecule has 0 fully saturated rings. The van der Waals surface area contributed by atoms with Crippen molar-refractivity contribution in [1.82, 2.24) is 9.47 Å². The number of nitrogens with one attached hydrogen (secondary N) is 1. The minimum absolute atomic E-state index is 0.178. The third-order valence-electron chi connectivity index (χ3n) is 4.98. The average Bonchev–Trinajstić information content (AvgIpc) is 3.18. The fourth-order valence-electron chi connectivity index (χ4n) is 3.32. The van der Waals surface area contributed by atoms with Crippen LogP contribution in [0.2, 0.25) is 10.0 Å². The lowest BCUT2D eigenvalue weighted by Gasteiger charge is -2.24. The molecular weight excluding hydrogens is 417 g/mol. The highest BCUT2D eigenvalue weighted by Gasteiger charge is 2.17. The molecule has 1 aromatic heterocycles. The molecule has 0 aliphatic heterocycles. The summed E-state index contributed by atoms with van der Waals surface area (Å²) in [5.41, 5.74) is 2.83. The number of anilines is 1. The Hall–Kier alpha value is -2.43. The van der Waals surface area contributed by atoms with Gasteiger partial charge in [0.05, 0.1) is 22.3 Å². The lowest BCUT2D eigenvalue weighted by Crippen LogP contribution is -2.36. The van der Waals surface area contributed by atoms with Gasteiger partial charge in [-0.05, 0) is 36.2 Å². The van der Waals surface area contributed by atoms with Crippen LogP contribution in [0, 0.1) is 0 Å². The first-order chi connectivity index (χ1) is 14.6. The van der Waals surface area contributed by atoms with Gasteiger partial charge in [-0.3, -0.25) is 0 Å². The molecule has 0 radical (unpaired) electrons. The van der Waals surface area contributed by atoms with Crippen LogP contribution < -0.4 is 5.32 Å². The standard InChI is InChI=1S/C24H27Cl2N3O/c1-2-3-7-15-29(24(30)27-22-14-8-13-21(25)23(22)26)18-20-12-9-16-28(20)17-19-10-5-4-6-11-19/h4-6,8-14,16H,2-3,7,15,17-18H2,1H3,(H,27,30). The molecule has 0 saturated carbocycles. The van der Waals surface area contributed by atoms with E-state index in [0.717, 1.165) is 31.5 Å². The summed E-state index contributed by atoms with van der Waals surface area (Å²) in [5.74, 6) is 0. The Morgan fingerprint density at radius 2 is 1.80 bits per heavy atom. The molecule has 3 rings (SSSR count). The Morgan fingerprint density at radius 3 is 2.57 bits per heavy atom. The van der Waals surface area contributed by atoms with E-state index < -0.39 is 0 Å². The number of carbonyl (C=O) groups excluding carboxylic acids is 1. The number of hydrogen-bond acceptors (Lipinski definition) is 1. The minimum Gasteiger partial charge on any atom is -0.345 e. The van der Waals surface area contributed by atoms with Crippen LogP contribution in [0.5, 0.6) is 0 Å². The monoisotopic (exact) mass is 443 g/mol. The summed E-state index contributed by atoms with van der Waals surface area (Å²) < 4.78 is 2.18. The summed E-state index contributed by atoms with van der Waals surface area (Å²) >= 11 is 12.3. The second-order valence-electron chi connectivity index (χ2n) is 7.27. The van der Waals surface area contributed by atoms with Crippen LogP contribution in [0.3, 0.4) is 0 Å². The summed E-state index contributed by atoms with van der Waals surface area (Å²) in [7, 11) is 0. The summed E-state index contributed by atoms with van der Waals surface area (Å²) in [6, 6.07) is 19.5. The first-order valence-electron chi connectivity index (χ1n) is 10.3. The lowest BCUT2D eigenvalue weighted by molar-refractivity contribution is 0.206. The van der Waals surface area contributed by atoms with E-state index in [-0.39, 0.29) is 6.03 Å². The smallest absolute Gasteiger partial charge is 0.322 e. The molecule has 30 heavy (non-hydrogen) atoms. The molecular formula is C24H27Cl2N3O. The van der Waals surface area contributed by atoms with Gasteiger partial charge in [0.2, 0.25) is 0 Å². The zero-order valence-corrected chi connectivity index (χ0v) is 18.7. The second-order valence-corrected chi connectivity index (χ2v) is 8.06. The van der Waals surface area contributed by atoms with Crippen molar-refractivity contribution >= 4 is 34.9 Å². The van der Waals surface area contributed by atoms with Crippen molar-refractivity contribution in [3.8, 4) is 0 Å². The van der Waals surface area contributed by atoms with Crippen molar-refractivity contribution in [2.75, 3.05) is 11.9 Å². The second kappa shape index (κ2) is 11.1. The molecule has 0 spiro atoms. The Kier molecular flexibility index (Phi) is 8.23. The van der Waals surface area contributed by atoms with E-state index in [2.05, 4.69) is 41.2 Å². The maximum atomic E-state index is 13.1. The number of amides is 2. The van der Waals surface area contributed by atoms with E-state index >= 15 is 0 Å². The topological polar surface area (TPSA) is 37.3 Å². The number of halogens is 2. The number of nitrogens with zero attached hydrogens (tertiary/aromatic N) is 2. The largest absolute Gasteiger partial charge is 0.345 e. The maximum Gasteiger partial charge on any atom is 0.322 e. The predicted molar refractivity (Wildman–Crippen MR) is 125 cm³/mol. The van der Waals surface area contributed by atoms with E-state index in [4.69, 9.17) is 23.2 Å². The molecule has 0 atom stereocenters. The number of carbonyl (C=O) groups is 1. The first kappa shape index (κ1) is 22.3. The first-order valence-corrected chi connectivity index (χ1v) is 11.0. The van der Waals surface area contributed by atoms with E-state index in [1.807, 2.05) is 29.2 Å². The van der Waals surface area contributed by atoms with Crippen molar-refractivity contribution in [3.05, 3.63) is 88.2 Å². The van der Waals surface area contributed by atoms with Crippen molar-refractivity contribution in [2.45, 2.75) is 39.3 Å². The van der Waals surface area contributed by atoms with Gasteiger partial charge in [0.25, 0.3) is 0 Å². The van der Waals surface area contributed by atoms with Gasteiger partial charge < -0.3 is 14.8 Å². The molecule has 6 heteroatoms. The van der Waals surface area contributed by atoms with Gasteiger partial charge >= 0.3 is 6.03 Å². The summed E-state index contributed by atoms with van der Waals surface area (Å²) in [4.78, 5) is 14.9. The fourth-order valence-corrected chi connectivity index (χ4v) is 3.67. The summed E-state index contributed by atoms with van der Waals surface area (Å²) in [5, 5.41) is 3.70. The van der Waals surface area contributed by atoms with Crippen LogP contribution >= 0.6 is 23.2 Å². The van der Waals surface area contributed by atoms with Gasteiger partial charge in [0.1, 0.15) is 0 Å². The van der Waals surface area contributed by atoms with Crippen LogP contribution in [0.4, 0.5) is 10.5 Å². The van der Waals surface area contributed by atoms with E-state index in [1.165, 1.54) is 5.56 Å². The Labute approximate surface area is 188 Å². The van der Waals surface area contributed by atoms with Crippen LogP contribution in [-0.2, 0) is 13.1 Å². The van der Waals surface area contributed by atoms with Gasteiger partial charge in [0, 0.05) is 25.0 Å². The SMILES string of the molecule is CCCCCN(Cc1cccn1Cc1ccccc1)C(=O)Nc1cccc(Cl)c1Cl. The van der Waals surface area contributed by atoms with E-state index in [1.54, 1.807) is 18.2 Å². The Bertz CT molecular complexity index is 956. The molecule has 0 unspecified atom stereocenters. The van der Waals surface area contributed by atoms with Gasteiger partial charge in [-0.15, -0.1) is 0 Å². The number of aromatic nitrogens is 1. The molecule has 0 aliphatic rings. The van der Waals surface area contributed by atoms with Gasteiger partial charge in [0.15, 0.2) is 0 Å². The van der Waals surface area contributed by atoms with Crippen LogP contribution in [0.1, 0.15) is 37.4 Å². The van der Waals surface area contributed by atoms with Crippen LogP contribution in [0.15, 0.2) is 66.9 Å². The zero-order chi connectivity index (χ0) is 21.3. The van der Waals surface area contributed by atoms with Crippen molar-refractivity contribution < 1.29 is 4.79 Å². The predicted octanol–water partition coefficient (Wildman–Crippen LogP) is 7.07. The lowest BCUT2D eigenvalue weighted by atomic mass is 10.2. The molecule has 158 valence electrons. The molecule has 0 saturated heterocycles. The van der Waals surface area contributed by atoms with Crippen LogP contribution in [-0.4, -0.2) is 22.0 Å². The summed E-state index contributed by atoms with van der Waals surface area (Å²) in [6.45, 7) is 4.12. The summed E-state index contributed by atoms with van der Waals surface area (Å²) in [6.07, 6.45) is 5.18. The number of benzene rings is 2. The van der Waals surface area contributed by atoms with Crippen molar-refractivity contribution in [2.24, 2.45) is 0 Å². The molecule has 3 aromatic rings. The fraction of sp³-hybridized carbons (Fsp3) is 0.292. The average molecular weight is 444 g/mol. The van der Waals surface area contributed by atoms with Crippen molar-refractivity contribution in [3.63, 3.8) is 0 Å². The number of rotatable bonds is 9. The van der Waals surface area contributed by atoms with E-state index in [0.29, 0.717) is 28.8 Å². The highest BCUT2D eigenvalue weighted by molar-refractivity contribution is 6.43. The molecule has 1 N–H and O–H groups in total. The highest BCUT2D eigenvalue weighted by Crippen LogP contribution is 2.29.